The molecule has 1 N–H and O–H groups in total. The number of rotatable bonds is 6. The van der Waals surface area contributed by atoms with E-state index in [1.165, 1.54) is 5.01 Å². The Bertz CT molecular complexity index is 311. The van der Waals surface area contributed by atoms with Gasteiger partial charge in [0.1, 0.15) is 0 Å². The Hall–Kier alpha value is -0.490. The number of methoxy groups -OCH3 is 1. The Morgan fingerprint density at radius 3 is 3.38 bits per heavy atom. The third-order valence-electron chi connectivity index (χ3n) is 2.64. The Labute approximate surface area is 100.0 Å². The largest absolute Gasteiger partial charge is 0.383 e. The molecular formula is C11H18N2O2S. The number of thiazole rings is 1. The van der Waals surface area contributed by atoms with Gasteiger partial charge in [-0.15, -0.1) is 11.3 Å². The van der Waals surface area contributed by atoms with Gasteiger partial charge in [0.2, 0.25) is 0 Å². The predicted octanol–water partition coefficient (Wildman–Crippen LogP) is 1.38. The van der Waals surface area contributed by atoms with Crippen LogP contribution in [0, 0.1) is 0 Å². The van der Waals surface area contributed by atoms with Gasteiger partial charge in [-0.3, -0.25) is 0 Å². The minimum Gasteiger partial charge on any atom is -0.383 e. The van der Waals surface area contributed by atoms with Crippen LogP contribution >= 0.6 is 11.3 Å². The van der Waals surface area contributed by atoms with Crippen LogP contribution in [0.1, 0.15) is 23.0 Å². The SMILES string of the molecule is COCCNCc1csc(C2CCOC2)n1. The second-order valence-corrected chi connectivity index (χ2v) is 4.80. The molecule has 1 saturated heterocycles. The highest BCUT2D eigenvalue weighted by Gasteiger charge is 2.20. The molecule has 2 rings (SSSR count). The van der Waals surface area contributed by atoms with Crippen LogP contribution in [0.25, 0.3) is 0 Å². The quantitative estimate of drug-likeness (QED) is 0.765. The topological polar surface area (TPSA) is 43.4 Å². The third-order valence-corrected chi connectivity index (χ3v) is 3.69. The molecule has 0 bridgehead atoms. The molecule has 0 aliphatic carbocycles. The molecule has 1 unspecified atom stereocenters. The summed E-state index contributed by atoms with van der Waals surface area (Å²) in [5.41, 5.74) is 1.13. The average Bonchev–Trinajstić information content (AvgIpc) is 2.94. The van der Waals surface area contributed by atoms with Crippen molar-refractivity contribution in [2.45, 2.75) is 18.9 Å². The lowest BCUT2D eigenvalue weighted by Gasteiger charge is -2.02. The summed E-state index contributed by atoms with van der Waals surface area (Å²) in [6.07, 6.45) is 1.12. The van der Waals surface area contributed by atoms with Gasteiger partial charge in [0.25, 0.3) is 0 Å². The van der Waals surface area contributed by atoms with Crippen molar-refractivity contribution in [2.75, 3.05) is 33.5 Å². The van der Waals surface area contributed by atoms with E-state index in [2.05, 4.69) is 15.7 Å². The van der Waals surface area contributed by atoms with E-state index in [0.717, 1.165) is 45.0 Å². The molecule has 0 amide bonds. The highest BCUT2D eigenvalue weighted by molar-refractivity contribution is 7.09. The maximum Gasteiger partial charge on any atom is 0.0983 e. The third kappa shape index (κ3) is 3.25. The fourth-order valence-electron chi connectivity index (χ4n) is 1.71. The fraction of sp³-hybridized carbons (Fsp3) is 0.727. The van der Waals surface area contributed by atoms with E-state index in [-0.39, 0.29) is 0 Å². The van der Waals surface area contributed by atoms with E-state index >= 15 is 0 Å². The molecular weight excluding hydrogens is 224 g/mol. The van der Waals surface area contributed by atoms with Gasteiger partial charge >= 0.3 is 0 Å². The van der Waals surface area contributed by atoms with Crippen LogP contribution in [0.3, 0.4) is 0 Å². The van der Waals surface area contributed by atoms with Gasteiger partial charge in [-0.25, -0.2) is 4.98 Å². The Morgan fingerprint density at radius 1 is 1.69 bits per heavy atom. The zero-order valence-electron chi connectivity index (χ0n) is 9.57. The summed E-state index contributed by atoms with van der Waals surface area (Å²) < 4.78 is 10.3. The molecule has 0 saturated carbocycles. The highest BCUT2D eigenvalue weighted by atomic mass is 32.1. The Balaban J connectivity index is 1.77. The number of hydrogen-bond donors (Lipinski definition) is 1. The zero-order chi connectivity index (χ0) is 11.2. The van der Waals surface area contributed by atoms with Crippen LogP contribution < -0.4 is 5.32 Å². The lowest BCUT2D eigenvalue weighted by atomic mass is 10.1. The van der Waals surface area contributed by atoms with E-state index in [9.17, 15) is 0 Å². The van der Waals surface area contributed by atoms with Gasteiger partial charge in [-0.2, -0.15) is 0 Å². The van der Waals surface area contributed by atoms with E-state index in [1.807, 2.05) is 0 Å². The Morgan fingerprint density at radius 2 is 2.62 bits per heavy atom. The summed E-state index contributed by atoms with van der Waals surface area (Å²) in [5.74, 6) is 0.526. The molecule has 1 aliphatic rings. The first-order valence-electron chi connectivity index (χ1n) is 5.62. The van der Waals surface area contributed by atoms with Crippen LogP contribution in [-0.4, -0.2) is 38.5 Å². The molecule has 4 nitrogen and oxygen atoms in total. The second kappa shape index (κ2) is 6.30. The normalized spacial score (nSPS) is 20.4. The molecule has 1 aliphatic heterocycles. The summed E-state index contributed by atoms with van der Waals surface area (Å²) in [6, 6.07) is 0. The minimum atomic E-state index is 0.526. The first-order valence-corrected chi connectivity index (χ1v) is 6.50. The first kappa shape index (κ1) is 12.0. The van der Waals surface area contributed by atoms with Gasteiger partial charge in [-0.1, -0.05) is 0 Å². The summed E-state index contributed by atoms with van der Waals surface area (Å²) in [7, 11) is 1.71. The van der Waals surface area contributed by atoms with Crippen LogP contribution in [0.2, 0.25) is 0 Å². The van der Waals surface area contributed by atoms with Gasteiger partial charge in [0, 0.05) is 38.1 Å². The van der Waals surface area contributed by atoms with Crippen molar-refractivity contribution in [1.82, 2.24) is 10.3 Å². The molecule has 2 heterocycles. The molecule has 1 aromatic rings. The van der Waals surface area contributed by atoms with Crippen LogP contribution in [0.4, 0.5) is 0 Å². The number of aromatic nitrogens is 1. The van der Waals surface area contributed by atoms with Crippen LogP contribution in [0.15, 0.2) is 5.38 Å². The number of nitrogens with one attached hydrogen (secondary N) is 1. The van der Waals surface area contributed by atoms with Crippen molar-refractivity contribution >= 4 is 11.3 Å². The van der Waals surface area contributed by atoms with Crippen LogP contribution in [0.5, 0.6) is 0 Å². The molecule has 1 atom stereocenters. The predicted molar refractivity (Wildman–Crippen MR) is 63.9 cm³/mol. The lowest BCUT2D eigenvalue weighted by molar-refractivity contribution is 0.194. The van der Waals surface area contributed by atoms with Gasteiger partial charge in [0.05, 0.1) is 23.9 Å². The van der Waals surface area contributed by atoms with Crippen molar-refractivity contribution in [3.63, 3.8) is 0 Å². The summed E-state index contributed by atoms with van der Waals surface area (Å²) in [4.78, 5) is 4.63. The molecule has 0 aromatic carbocycles. The molecule has 1 aromatic heterocycles. The molecule has 1 fully saturated rings. The molecule has 0 radical (unpaired) electrons. The van der Waals surface area contributed by atoms with Crippen molar-refractivity contribution < 1.29 is 9.47 Å². The highest BCUT2D eigenvalue weighted by Crippen LogP contribution is 2.27. The summed E-state index contributed by atoms with van der Waals surface area (Å²) in [6.45, 7) is 4.16. The summed E-state index contributed by atoms with van der Waals surface area (Å²) in [5, 5.41) is 6.65. The minimum absolute atomic E-state index is 0.526. The smallest absolute Gasteiger partial charge is 0.0983 e. The summed E-state index contributed by atoms with van der Waals surface area (Å²) >= 11 is 1.75. The maximum absolute atomic E-state index is 5.37. The Kier molecular flexibility index (Phi) is 4.71. The fourth-order valence-corrected chi connectivity index (χ4v) is 2.65. The van der Waals surface area contributed by atoms with Crippen LogP contribution in [-0.2, 0) is 16.0 Å². The van der Waals surface area contributed by atoms with E-state index in [0.29, 0.717) is 5.92 Å². The molecule has 90 valence electrons. The maximum atomic E-state index is 5.37. The van der Waals surface area contributed by atoms with Crippen molar-refractivity contribution in [1.29, 1.82) is 0 Å². The zero-order valence-corrected chi connectivity index (χ0v) is 10.4. The molecule has 16 heavy (non-hydrogen) atoms. The van der Waals surface area contributed by atoms with Crippen molar-refractivity contribution in [3.8, 4) is 0 Å². The van der Waals surface area contributed by atoms with Gasteiger partial charge in [-0.05, 0) is 6.42 Å². The average molecular weight is 242 g/mol. The van der Waals surface area contributed by atoms with Gasteiger partial charge in [0.15, 0.2) is 0 Å². The van der Waals surface area contributed by atoms with E-state index in [1.54, 1.807) is 18.4 Å². The number of ether oxygens (including phenoxy) is 2. The van der Waals surface area contributed by atoms with E-state index in [4.69, 9.17) is 9.47 Å². The molecule has 5 heteroatoms. The first-order chi connectivity index (χ1) is 7.90. The van der Waals surface area contributed by atoms with Gasteiger partial charge < -0.3 is 14.8 Å². The molecule has 0 spiro atoms. The van der Waals surface area contributed by atoms with Crippen molar-refractivity contribution in [2.24, 2.45) is 0 Å². The van der Waals surface area contributed by atoms with Crippen molar-refractivity contribution in [3.05, 3.63) is 16.1 Å². The second-order valence-electron chi connectivity index (χ2n) is 3.91. The standard InChI is InChI=1S/C11H18N2O2S/c1-14-5-3-12-6-10-8-16-11(13-10)9-2-4-15-7-9/h8-9,12H,2-7H2,1H3. The lowest BCUT2D eigenvalue weighted by Crippen LogP contribution is -2.18. The number of hydrogen-bond acceptors (Lipinski definition) is 5. The van der Waals surface area contributed by atoms with E-state index < -0.39 is 0 Å². The monoisotopic (exact) mass is 242 g/mol. The number of nitrogens with zero attached hydrogens (tertiary/aromatic N) is 1.